The van der Waals surface area contributed by atoms with E-state index in [1.165, 1.54) is 6.20 Å². The number of anilines is 1. The number of rotatable bonds is 1. The number of hydrogen-bond acceptors (Lipinski definition) is 3. The van der Waals surface area contributed by atoms with E-state index in [-0.39, 0.29) is 12.2 Å². The molecule has 72 valence electrons. The molecule has 0 aromatic carbocycles. The van der Waals surface area contributed by atoms with Gasteiger partial charge >= 0.3 is 6.03 Å². The standard InChI is InChI=1S/C8H6FN3O2/c9-5-1-6(3-10-2-5)12-4-7(13)11-8(12)14/h1-3H,4H2,(H,11,13,14). The van der Waals surface area contributed by atoms with Crippen molar-refractivity contribution in [2.24, 2.45) is 0 Å². The third-order valence-electron chi connectivity index (χ3n) is 1.80. The van der Waals surface area contributed by atoms with Crippen LogP contribution in [0.15, 0.2) is 18.5 Å². The number of carbonyl (C=O) groups excluding carboxylic acids is 2. The summed E-state index contributed by atoms with van der Waals surface area (Å²) in [5.74, 6) is -0.950. The summed E-state index contributed by atoms with van der Waals surface area (Å²) >= 11 is 0. The minimum Gasteiger partial charge on any atom is -0.283 e. The Balaban J connectivity index is 2.31. The van der Waals surface area contributed by atoms with Crippen LogP contribution in [0.5, 0.6) is 0 Å². The van der Waals surface area contributed by atoms with Crippen molar-refractivity contribution in [3.8, 4) is 0 Å². The number of aromatic nitrogens is 1. The van der Waals surface area contributed by atoms with Gasteiger partial charge in [-0.05, 0) is 0 Å². The van der Waals surface area contributed by atoms with Gasteiger partial charge in [0.15, 0.2) is 0 Å². The van der Waals surface area contributed by atoms with Crippen LogP contribution in [-0.4, -0.2) is 23.5 Å². The van der Waals surface area contributed by atoms with Crippen molar-refractivity contribution in [2.75, 3.05) is 11.4 Å². The maximum atomic E-state index is 12.7. The third kappa shape index (κ3) is 1.41. The molecule has 0 radical (unpaired) electrons. The number of nitrogens with zero attached hydrogens (tertiary/aromatic N) is 2. The number of hydrogen-bond donors (Lipinski definition) is 1. The van der Waals surface area contributed by atoms with Crippen molar-refractivity contribution in [3.05, 3.63) is 24.3 Å². The van der Waals surface area contributed by atoms with E-state index in [0.29, 0.717) is 0 Å². The molecule has 1 N–H and O–H groups in total. The topological polar surface area (TPSA) is 62.3 Å². The molecule has 1 aliphatic heterocycles. The lowest BCUT2D eigenvalue weighted by atomic mass is 10.4. The summed E-state index contributed by atoms with van der Waals surface area (Å²) in [6.45, 7) is -0.0933. The second kappa shape index (κ2) is 3.06. The highest BCUT2D eigenvalue weighted by molar-refractivity contribution is 6.12. The van der Waals surface area contributed by atoms with Crippen molar-refractivity contribution in [2.45, 2.75) is 0 Å². The molecule has 0 unspecified atom stereocenters. The van der Waals surface area contributed by atoms with Crippen LogP contribution in [0.4, 0.5) is 14.9 Å². The van der Waals surface area contributed by atoms with Crippen LogP contribution >= 0.6 is 0 Å². The number of halogens is 1. The Morgan fingerprint density at radius 2 is 2.21 bits per heavy atom. The number of urea groups is 1. The largest absolute Gasteiger partial charge is 0.329 e. The van der Waals surface area contributed by atoms with E-state index in [1.54, 1.807) is 0 Å². The summed E-state index contributed by atoms with van der Waals surface area (Å²) in [6.07, 6.45) is 2.35. The van der Waals surface area contributed by atoms with Crippen molar-refractivity contribution < 1.29 is 14.0 Å². The molecule has 0 saturated carbocycles. The molecular formula is C8H6FN3O2. The quantitative estimate of drug-likeness (QED) is 0.654. The molecule has 2 rings (SSSR count). The van der Waals surface area contributed by atoms with E-state index >= 15 is 0 Å². The summed E-state index contributed by atoms with van der Waals surface area (Å²) in [5.41, 5.74) is 0.272. The molecule has 1 aromatic heterocycles. The summed E-state index contributed by atoms with van der Waals surface area (Å²) in [7, 11) is 0. The predicted octanol–water partition coefficient (Wildman–Crippen LogP) is 0.277. The van der Waals surface area contributed by atoms with Crippen LogP contribution in [0, 0.1) is 5.82 Å². The molecule has 5 nitrogen and oxygen atoms in total. The average Bonchev–Trinajstić information content (AvgIpc) is 2.45. The van der Waals surface area contributed by atoms with E-state index in [2.05, 4.69) is 10.3 Å². The number of imide groups is 1. The maximum absolute atomic E-state index is 12.7. The summed E-state index contributed by atoms with van der Waals surface area (Å²) < 4.78 is 12.7. The van der Waals surface area contributed by atoms with Gasteiger partial charge in [-0.1, -0.05) is 0 Å². The molecule has 14 heavy (non-hydrogen) atoms. The van der Waals surface area contributed by atoms with Crippen molar-refractivity contribution >= 4 is 17.6 Å². The van der Waals surface area contributed by atoms with Crippen molar-refractivity contribution in [1.29, 1.82) is 0 Å². The Morgan fingerprint density at radius 1 is 1.43 bits per heavy atom. The van der Waals surface area contributed by atoms with Gasteiger partial charge in [-0.25, -0.2) is 9.18 Å². The number of amides is 3. The zero-order valence-corrected chi connectivity index (χ0v) is 7.03. The molecule has 3 amide bonds. The molecule has 1 aromatic rings. The summed E-state index contributed by atoms with van der Waals surface area (Å²) in [6, 6.07) is 0.591. The normalized spacial score (nSPS) is 15.9. The Bertz CT molecular complexity index is 407. The third-order valence-corrected chi connectivity index (χ3v) is 1.80. The minimum absolute atomic E-state index is 0.0933. The molecule has 1 saturated heterocycles. The molecule has 1 aliphatic rings. The van der Waals surface area contributed by atoms with Gasteiger partial charge < -0.3 is 0 Å². The van der Waals surface area contributed by atoms with E-state index < -0.39 is 17.8 Å². The number of carbonyl (C=O) groups is 2. The van der Waals surface area contributed by atoms with Gasteiger partial charge in [-0.2, -0.15) is 0 Å². The van der Waals surface area contributed by atoms with Gasteiger partial charge in [-0.3, -0.25) is 20.0 Å². The van der Waals surface area contributed by atoms with Gasteiger partial charge in [0, 0.05) is 6.07 Å². The Kier molecular flexibility index (Phi) is 1.88. The lowest BCUT2D eigenvalue weighted by Gasteiger charge is -2.11. The first-order valence-corrected chi connectivity index (χ1v) is 3.89. The Hall–Kier alpha value is -1.98. The minimum atomic E-state index is -0.553. The fraction of sp³-hybridized carbons (Fsp3) is 0.125. The monoisotopic (exact) mass is 195 g/mol. The summed E-state index contributed by atoms with van der Waals surface area (Å²) in [5, 5.41) is 2.08. The lowest BCUT2D eigenvalue weighted by Crippen LogP contribution is -2.27. The highest BCUT2D eigenvalue weighted by Gasteiger charge is 2.28. The average molecular weight is 195 g/mol. The van der Waals surface area contributed by atoms with Crippen LogP contribution in [0.25, 0.3) is 0 Å². The molecule has 0 aliphatic carbocycles. The van der Waals surface area contributed by atoms with Gasteiger partial charge in [0.05, 0.1) is 18.1 Å². The number of pyridine rings is 1. The molecule has 1 fully saturated rings. The first-order valence-electron chi connectivity index (χ1n) is 3.89. The van der Waals surface area contributed by atoms with Gasteiger partial charge in [0.1, 0.15) is 12.4 Å². The first kappa shape index (κ1) is 8.61. The predicted molar refractivity (Wildman–Crippen MR) is 45.1 cm³/mol. The molecule has 2 heterocycles. The molecule has 0 atom stereocenters. The van der Waals surface area contributed by atoms with E-state index in [9.17, 15) is 14.0 Å². The highest BCUT2D eigenvalue weighted by atomic mass is 19.1. The van der Waals surface area contributed by atoms with Crippen LogP contribution in [-0.2, 0) is 4.79 Å². The van der Waals surface area contributed by atoms with Crippen molar-refractivity contribution in [1.82, 2.24) is 10.3 Å². The lowest BCUT2D eigenvalue weighted by molar-refractivity contribution is -0.117. The molecule has 0 spiro atoms. The van der Waals surface area contributed by atoms with Crippen molar-refractivity contribution in [3.63, 3.8) is 0 Å². The summed E-state index contributed by atoms with van der Waals surface area (Å²) in [4.78, 5) is 26.7. The van der Waals surface area contributed by atoms with Crippen LogP contribution < -0.4 is 10.2 Å². The maximum Gasteiger partial charge on any atom is 0.329 e. The van der Waals surface area contributed by atoms with Crippen LogP contribution in [0.2, 0.25) is 0 Å². The molecule has 0 bridgehead atoms. The van der Waals surface area contributed by atoms with Crippen LogP contribution in [0.1, 0.15) is 0 Å². The van der Waals surface area contributed by atoms with E-state index in [1.807, 2.05) is 0 Å². The number of nitrogens with one attached hydrogen (secondary N) is 1. The highest BCUT2D eigenvalue weighted by Crippen LogP contribution is 2.15. The fourth-order valence-corrected chi connectivity index (χ4v) is 1.20. The zero-order chi connectivity index (χ0) is 10.1. The Morgan fingerprint density at radius 3 is 2.79 bits per heavy atom. The van der Waals surface area contributed by atoms with Crippen LogP contribution in [0.3, 0.4) is 0 Å². The van der Waals surface area contributed by atoms with Gasteiger partial charge in [-0.15, -0.1) is 0 Å². The smallest absolute Gasteiger partial charge is 0.283 e. The van der Waals surface area contributed by atoms with E-state index in [4.69, 9.17) is 0 Å². The van der Waals surface area contributed by atoms with Gasteiger partial charge in [0.25, 0.3) is 0 Å². The van der Waals surface area contributed by atoms with E-state index in [0.717, 1.165) is 17.2 Å². The molecular weight excluding hydrogens is 189 g/mol. The second-order valence-electron chi connectivity index (χ2n) is 2.80. The SMILES string of the molecule is O=C1CN(c2cncc(F)c2)C(=O)N1. The molecule has 6 heteroatoms. The Labute approximate surface area is 78.5 Å². The fourth-order valence-electron chi connectivity index (χ4n) is 1.20. The zero-order valence-electron chi connectivity index (χ0n) is 7.03. The van der Waals surface area contributed by atoms with Gasteiger partial charge in [0.2, 0.25) is 5.91 Å². The second-order valence-corrected chi connectivity index (χ2v) is 2.80. The first-order chi connectivity index (χ1) is 6.66.